The van der Waals surface area contributed by atoms with Gasteiger partial charge in [-0.05, 0) is 45.4 Å². The molecule has 1 fully saturated rings. The minimum Gasteiger partial charge on any atom is -0.469 e. The predicted octanol–water partition coefficient (Wildman–Crippen LogP) is 2.35. The molecule has 0 unspecified atom stereocenters. The molecule has 1 aliphatic rings. The number of rotatable bonds is 4. The number of nitrogens with one attached hydrogen (secondary N) is 1. The molecule has 0 aromatic rings. The maximum atomic E-state index is 11.5. The van der Waals surface area contributed by atoms with Crippen LogP contribution in [0.25, 0.3) is 0 Å². The fourth-order valence-corrected chi connectivity index (χ4v) is 2.21. The molecule has 0 bridgehead atoms. The minimum absolute atomic E-state index is 0.135. The quantitative estimate of drug-likeness (QED) is 0.749. The zero-order valence-corrected chi connectivity index (χ0v) is 11.0. The molecule has 3 heteroatoms. The number of ether oxygens (including phenoxy) is 1. The highest BCUT2D eigenvalue weighted by Gasteiger charge is 2.29. The van der Waals surface area contributed by atoms with Crippen LogP contribution in [-0.2, 0) is 9.53 Å². The van der Waals surface area contributed by atoms with Crippen molar-refractivity contribution in [2.24, 2.45) is 11.3 Å². The standard InChI is InChI=1S/C13H25NO2/c1-10-5-7-11(8-6-10)14-9-13(2,3)12(15)16-4/h10-11,14H,5-9H2,1-4H3. The number of hydrogen-bond acceptors (Lipinski definition) is 3. The van der Waals surface area contributed by atoms with Gasteiger partial charge in [0.15, 0.2) is 0 Å². The SMILES string of the molecule is COC(=O)C(C)(C)CNC1CCC(C)CC1. The lowest BCUT2D eigenvalue weighted by molar-refractivity contribution is -0.150. The van der Waals surface area contributed by atoms with Crippen molar-refractivity contribution in [3.63, 3.8) is 0 Å². The number of carbonyl (C=O) groups is 1. The topological polar surface area (TPSA) is 38.3 Å². The molecule has 1 N–H and O–H groups in total. The molecule has 1 rings (SSSR count). The maximum Gasteiger partial charge on any atom is 0.312 e. The molecule has 1 aliphatic carbocycles. The Morgan fingerprint density at radius 2 is 1.88 bits per heavy atom. The summed E-state index contributed by atoms with van der Waals surface area (Å²) in [6.45, 7) is 6.88. The number of carbonyl (C=O) groups excluding carboxylic acids is 1. The van der Waals surface area contributed by atoms with Crippen LogP contribution < -0.4 is 5.32 Å². The third-order valence-corrected chi connectivity index (χ3v) is 3.59. The van der Waals surface area contributed by atoms with Crippen molar-refractivity contribution < 1.29 is 9.53 Å². The number of esters is 1. The van der Waals surface area contributed by atoms with Crippen LogP contribution in [0.2, 0.25) is 0 Å². The van der Waals surface area contributed by atoms with Crippen LogP contribution >= 0.6 is 0 Å². The van der Waals surface area contributed by atoms with Crippen LogP contribution in [0.3, 0.4) is 0 Å². The first-order valence-electron chi connectivity index (χ1n) is 6.27. The highest BCUT2D eigenvalue weighted by molar-refractivity contribution is 5.76. The molecule has 0 atom stereocenters. The van der Waals surface area contributed by atoms with E-state index in [0.717, 1.165) is 5.92 Å². The van der Waals surface area contributed by atoms with Crippen molar-refractivity contribution in [2.75, 3.05) is 13.7 Å². The summed E-state index contributed by atoms with van der Waals surface area (Å²) in [7, 11) is 1.45. The van der Waals surface area contributed by atoms with E-state index in [-0.39, 0.29) is 5.97 Å². The minimum atomic E-state index is -0.419. The Hall–Kier alpha value is -0.570. The van der Waals surface area contributed by atoms with Crippen molar-refractivity contribution in [1.82, 2.24) is 5.32 Å². The smallest absolute Gasteiger partial charge is 0.312 e. The van der Waals surface area contributed by atoms with Crippen molar-refractivity contribution in [1.29, 1.82) is 0 Å². The maximum absolute atomic E-state index is 11.5. The van der Waals surface area contributed by atoms with Gasteiger partial charge in [0.2, 0.25) is 0 Å². The molecule has 0 radical (unpaired) electrons. The molecule has 0 saturated heterocycles. The molecule has 0 spiro atoms. The lowest BCUT2D eigenvalue weighted by atomic mass is 9.86. The molecular weight excluding hydrogens is 202 g/mol. The summed E-state index contributed by atoms with van der Waals surface area (Å²) in [6.07, 6.45) is 5.07. The van der Waals surface area contributed by atoms with Crippen LogP contribution in [-0.4, -0.2) is 25.7 Å². The average molecular weight is 227 g/mol. The molecule has 16 heavy (non-hydrogen) atoms. The van der Waals surface area contributed by atoms with Gasteiger partial charge in [-0.25, -0.2) is 0 Å². The zero-order chi connectivity index (χ0) is 12.2. The van der Waals surface area contributed by atoms with Gasteiger partial charge in [0, 0.05) is 12.6 Å². The molecule has 0 aliphatic heterocycles. The van der Waals surface area contributed by atoms with E-state index in [1.807, 2.05) is 13.8 Å². The third-order valence-electron chi connectivity index (χ3n) is 3.59. The Morgan fingerprint density at radius 3 is 2.38 bits per heavy atom. The van der Waals surface area contributed by atoms with Crippen molar-refractivity contribution >= 4 is 5.97 Å². The van der Waals surface area contributed by atoms with Gasteiger partial charge < -0.3 is 10.1 Å². The highest BCUT2D eigenvalue weighted by atomic mass is 16.5. The normalized spacial score (nSPS) is 26.5. The van der Waals surface area contributed by atoms with Gasteiger partial charge in [-0.1, -0.05) is 6.92 Å². The van der Waals surface area contributed by atoms with Gasteiger partial charge in [-0.2, -0.15) is 0 Å². The van der Waals surface area contributed by atoms with Crippen LogP contribution in [0, 0.1) is 11.3 Å². The average Bonchev–Trinajstić information content (AvgIpc) is 2.27. The summed E-state index contributed by atoms with van der Waals surface area (Å²) in [6, 6.07) is 0.583. The molecular formula is C13H25NO2. The molecule has 3 nitrogen and oxygen atoms in total. The van der Waals surface area contributed by atoms with E-state index >= 15 is 0 Å². The lowest BCUT2D eigenvalue weighted by Crippen LogP contribution is -2.42. The first kappa shape index (κ1) is 13.5. The molecule has 0 aromatic carbocycles. The summed E-state index contributed by atoms with van der Waals surface area (Å²) in [5, 5.41) is 3.50. The molecule has 0 aromatic heterocycles. The van der Waals surface area contributed by atoms with Crippen LogP contribution in [0.1, 0.15) is 46.5 Å². The van der Waals surface area contributed by atoms with Gasteiger partial charge in [-0.15, -0.1) is 0 Å². The monoisotopic (exact) mass is 227 g/mol. The Morgan fingerprint density at radius 1 is 1.31 bits per heavy atom. The van der Waals surface area contributed by atoms with E-state index in [2.05, 4.69) is 12.2 Å². The van der Waals surface area contributed by atoms with Gasteiger partial charge in [0.05, 0.1) is 12.5 Å². The summed E-state index contributed by atoms with van der Waals surface area (Å²) in [5.74, 6) is 0.732. The lowest BCUT2D eigenvalue weighted by Gasteiger charge is -2.30. The third kappa shape index (κ3) is 3.78. The van der Waals surface area contributed by atoms with E-state index in [9.17, 15) is 4.79 Å². The summed E-state index contributed by atoms with van der Waals surface area (Å²) in [4.78, 5) is 11.5. The van der Waals surface area contributed by atoms with Crippen molar-refractivity contribution in [3.8, 4) is 0 Å². The fraction of sp³-hybridized carbons (Fsp3) is 0.923. The van der Waals surface area contributed by atoms with Crippen LogP contribution in [0.4, 0.5) is 0 Å². The molecule has 0 amide bonds. The Bertz CT molecular complexity index is 230. The van der Waals surface area contributed by atoms with Crippen molar-refractivity contribution in [3.05, 3.63) is 0 Å². The van der Waals surface area contributed by atoms with Gasteiger partial charge in [0.1, 0.15) is 0 Å². The van der Waals surface area contributed by atoms with E-state index in [1.165, 1.54) is 32.8 Å². The number of methoxy groups -OCH3 is 1. The van der Waals surface area contributed by atoms with Crippen LogP contribution in [0.15, 0.2) is 0 Å². The summed E-state index contributed by atoms with van der Waals surface area (Å²) < 4.78 is 4.79. The second-order valence-electron chi connectivity index (χ2n) is 5.71. The fourth-order valence-electron chi connectivity index (χ4n) is 2.21. The second-order valence-corrected chi connectivity index (χ2v) is 5.71. The largest absolute Gasteiger partial charge is 0.469 e. The molecule has 94 valence electrons. The first-order chi connectivity index (χ1) is 7.45. The van der Waals surface area contributed by atoms with Crippen molar-refractivity contribution in [2.45, 2.75) is 52.5 Å². The summed E-state index contributed by atoms with van der Waals surface area (Å²) >= 11 is 0. The first-order valence-corrected chi connectivity index (χ1v) is 6.27. The predicted molar refractivity (Wildman–Crippen MR) is 65.2 cm³/mol. The van der Waals surface area contributed by atoms with Gasteiger partial charge in [-0.3, -0.25) is 4.79 Å². The second kappa shape index (κ2) is 5.67. The van der Waals surface area contributed by atoms with E-state index in [1.54, 1.807) is 0 Å². The van der Waals surface area contributed by atoms with Gasteiger partial charge >= 0.3 is 5.97 Å². The number of hydrogen-bond donors (Lipinski definition) is 1. The van der Waals surface area contributed by atoms with Gasteiger partial charge in [0.25, 0.3) is 0 Å². The van der Waals surface area contributed by atoms with E-state index in [0.29, 0.717) is 12.6 Å². The Labute approximate surface area is 98.9 Å². The Kier molecular flexibility index (Phi) is 4.78. The van der Waals surface area contributed by atoms with Crippen LogP contribution in [0.5, 0.6) is 0 Å². The zero-order valence-electron chi connectivity index (χ0n) is 11.0. The highest BCUT2D eigenvalue weighted by Crippen LogP contribution is 2.24. The van der Waals surface area contributed by atoms with E-state index in [4.69, 9.17) is 4.74 Å². The summed E-state index contributed by atoms with van der Waals surface area (Å²) in [5.41, 5.74) is -0.419. The molecule has 1 saturated carbocycles. The molecule has 0 heterocycles. The Balaban J connectivity index is 2.31. The van der Waals surface area contributed by atoms with E-state index < -0.39 is 5.41 Å².